The summed E-state index contributed by atoms with van der Waals surface area (Å²) in [6.45, 7) is 0.654. The predicted molar refractivity (Wildman–Crippen MR) is 71.2 cm³/mol. The van der Waals surface area contributed by atoms with E-state index in [1.807, 2.05) is 11.8 Å². The number of hydrogen-bond acceptors (Lipinski definition) is 3. The lowest BCUT2D eigenvalue weighted by atomic mass is 10.1. The molecule has 0 aliphatic carbocycles. The number of amides is 1. The quantitative estimate of drug-likeness (QED) is 0.874. The van der Waals surface area contributed by atoms with Gasteiger partial charge < -0.3 is 10.4 Å². The number of benzene rings is 1. The maximum atomic E-state index is 11.9. The molecule has 0 saturated carbocycles. The summed E-state index contributed by atoms with van der Waals surface area (Å²) in [6, 6.07) is 6.09. The van der Waals surface area contributed by atoms with Crippen molar-refractivity contribution >= 4 is 23.6 Å². The Bertz CT molecular complexity index is 455. The van der Waals surface area contributed by atoms with Crippen molar-refractivity contribution in [2.75, 3.05) is 12.3 Å². The number of carbonyl (C=O) groups excluding carboxylic acids is 1. The van der Waals surface area contributed by atoms with E-state index >= 15 is 0 Å². The molecule has 0 unspecified atom stereocenters. The second-order valence-electron chi connectivity index (χ2n) is 4.23. The smallest absolute Gasteiger partial charge is 0.335 e. The van der Waals surface area contributed by atoms with Gasteiger partial charge in [-0.2, -0.15) is 11.8 Å². The molecular weight excluding hydrogens is 250 g/mol. The number of nitrogens with one attached hydrogen (secondary N) is 1. The van der Waals surface area contributed by atoms with Crippen molar-refractivity contribution in [2.45, 2.75) is 18.1 Å². The molecule has 1 aromatic carbocycles. The van der Waals surface area contributed by atoms with Crippen LogP contribution in [0.25, 0.3) is 0 Å². The third-order valence-corrected chi connectivity index (χ3v) is 4.28. The van der Waals surface area contributed by atoms with Crippen molar-refractivity contribution in [2.24, 2.45) is 0 Å². The van der Waals surface area contributed by atoms with E-state index in [0.29, 0.717) is 17.4 Å². The van der Waals surface area contributed by atoms with Crippen LogP contribution in [0.1, 0.15) is 33.6 Å². The van der Waals surface area contributed by atoms with Gasteiger partial charge in [0.1, 0.15) is 0 Å². The van der Waals surface area contributed by atoms with E-state index in [9.17, 15) is 9.59 Å². The summed E-state index contributed by atoms with van der Waals surface area (Å²) in [5.74, 6) is -0.0590. The van der Waals surface area contributed by atoms with Gasteiger partial charge in [-0.1, -0.05) is 6.07 Å². The van der Waals surface area contributed by atoms with Crippen molar-refractivity contribution in [1.82, 2.24) is 5.32 Å². The Balaban J connectivity index is 1.95. The molecule has 5 heteroatoms. The average Bonchev–Trinajstić information content (AvgIpc) is 2.89. The average molecular weight is 265 g/mol. The van der Waals surface area contributed by atoms with Gasteiger partial charge in [0.2, 0.25) is 0 Å². The van der Waals surface area contributed by atoms with E-state index in [1.54, 1.807) is 12.1 Å². The number of carbonyl (C=O) groups is 2. The van der Waals surface area contributed by atoms with Crippen molar-refractivity contribution in [3.05, 3.63) is 35.4 Å². The molecule has 1 fully saturated rings. The van der Waals surface area contributed by atoms with Crippen LogP contribution in [0.4, 0.5) is 0 Å². The van der Waals surface area contributed by atoms with Crippen molar-refractivity contribution in [3.8, 4) is 0 Å². The highest BCUT2D eigenvalue weighted by Crippen LogP contribution is 2.25. The fraction of sp³-hybridized carbons (Fsp3) is 0.385. The van der Waals surface area contributed by atoms with Crippen LogP contribution in [0.15, 0.2) is 24.3 Å². The normalized spacial score (nSPS) is 18.6. The van der Waals surface area contributed by atoms with E-state index in [-0.39, 0.29) is 11.5 Å². The molecule has 1 atom stereocenters. The molecule has 1 aliphatic rings. The van der Waals surface area contributed by atoms with Gasteiger partial charge in [0.15, 0.2) is 0 Å². The Morgan fingerprint density at radius 2 is 2.17 bits per heavy atom. The third kappa shape index (κ3) is 3.26. The van der Waals surface area contributed by atoms with Crippen molar-refractivity contribution in [1.29, 1.82) is 0 Å². The number of carboxylic acid groups (broad SMARTS) is 1. The molecule has 1 saturated heterocycles. The Hall–Kier alpha value is -1.49. The van der Waals surface area contributed by atoms with Gasteiger partial charge in [0.05, 0.1) is 5.56 Å². The van der Waals surface area contributed by atoms with Gasteiger partial charge in [-0.15, -0.1) is 0 Å². The molecule has 0 spiro atoms. The van der Waals surface area contributed by atoms with Gasteiger partial charge in [-0.25, -0.2) is 4.79 Å². The van der Waals surface area contributed by atoms with E-state index in [1.165, 1.54) is 18.6 Å². The van der Waals surface area contributed by atoms with E-state index in [0.717, 1.165) is 12.2 Å². The second kappa shape index (κ2) is 5.91. The maximum absolute atomic E-state index is 11.9. The molecule has 0 aromatic heterocycles. The predicted octanol–water partition coefficient (Wildman–Crippen LogP) is 2.01. The minimum Gasteiger partial charge on any atom is -0.478 e. The molecule has 18 heavy (non-hydrogen) atoms. The van der Waals surface area contributed by atoms with Crippen LogP contribution in [-0.4, -0.2) is 34.5 Å². The summed E-state index contributed by atoms with van der Waals surface area (Å²) in [7, 11) is 0. The lowest BCUT2D eigenvalue weighted by molar-refractivity contribution is 0.0697. The highest BCUT2D eigenvalue weighted by Gasteiger charge is 2.17. The van der Waals surface area contributed by atoms with Gasteiger partial charge in [0, 0.05) is 17.4 Å². The van der Waals surface area contributed by atoms with Crippen LogP contribution in [0, 0.1) is 0 Å². The molecule has 4 nitrogen and oxygen atoms in total. The van der Waals surface area contributed by atoms with Crippen LogP contribution in [0.2, 0.25) is 0 Å². The minimum atomic E-state index is -1.02. The summed E-state index contributed by atoms with van der Waals surface area (Å²) in [6.07, 6.45) is 2.35. The second-order valence-corrected chi connectivity index (χ2v) is 5.64. The largest absolute Gasteiger partial charge is 0.478 e. The SMILES string of the molecule is O=C(O)c1cccc(C(=O)NC[C@@H]2CCCS2)c1. The van der Waals surface area contributed by atoms with Gasteiger partial charge >= 0.3 is 5.97 Å². The Kier molecular flexibility index (Phi) is 4.25. The van der Waals surface area contributed by atoms with Crippen LogP contribution in [0.5, 0.6) is 0 Å². The molecule has 1 aromatic rings. The van der Waals surface area contributed by atoms with Crippen LogP contribution >= 0.6 is 11.8 Å². The maximum Gasteiger partial charge on any atom is 0.335 e. The lowest BCUT2D eigenvalue weighted by Crippen LogP contribution is -2.29. The standard InChI is InChI=1S/C13H15NO3S/c15-12(14-8-11-5-2-6-18-11)9-3-1-4-10(7-9)13(16)17/h1,3-4,7,11H,2,5-6,8H2,(H,14,15)(H,16,17)/t11-/m0/s1. The van der Waals surface area contributed by atoms with E-state index < -0.39 is 5.97 Å². The molecule has 0 radical (unpaired) electrons. The van der Waals surface area contributed by atoms with Crippen LogP contribution in [0.3, 0.4) is 0 Å². The summed E-state index contributed by atoms with van der Waals surface area (Å²) in [5.41, 5.74) is 0.538. The molecule has 0 bridgehead atoms. The zero-order chi connectivity index (χ0) is 13.0. The molecule has 1 aliphatic heterocycles. The first kappa shape index (κ1) is 13.0. The highest BCUT2D eigenvalue weighted by atomic mass is 32.2. The molecule has 96 valence electrons. The summed E-state index contributed by atoms with van der Waals surface area (Å²) >= 11 is 1.88. The zero-order valence-electron chi connectivity index (χ0n) is 9.89. The number of aromatic carboxylic acids is 1. The number of hydrogen-bond donors (Lipinski definition) is 2. The zero-order valence-corrected chi connectivity index (χ0v) is 10.7. The highest BCUT2D eigenvalue weighted by molar-refractivity contribution is 8.00. The Labute approximate surface area is 110 Å². The number of thioether (sulfide) groups is 1. The summed E-state index contributed by atoms with van der Waals surface area (Å²) in [5, 5.41) is 12.2. The first-order chi connectivity index (χ1) is 8.66. The fourth-order valence-corrected chi connectivity index (χ4v) is 3.11. The minimum absolute atomic E-state index is 0.137. The Morgan fingerprint density at radius 1 is 1.39 bits per heavy atom. The molecule has 2 N–H and O–H groups in total. The van der Waals surface area contributed by atoms with Crippen LogP contribution in [-0.2, 0) is 0 Å². The number of carboxylic acids is 1. The summed E-state index contributed by atoms with van der Waals surface area (Å²) in [4.78, 5) is 22.7. The molecule has 1 amide bonds. The van der Waals surface area contributed by atoms with E-state index in [2.05, 4.69) is 5.32 Å². The van der Waals surface area contributed by atoms with Crippen LogP contribution < -0.4 is 5.32 Å². The number of rotatable bonds is 4. The summed E-state index contributed by atoms with van der Waals surface area (Å²) < 4.78 is 0. The van der Waals surface area contributed by atoms with E-state index in [4.69, 9.17) is 5.11 Å². The van der Waals surface area contributed by atoms with Crippen molar-refractivity contribution in [3.63, 3.8) is 0 Å². The molecule has 1 heterocycles. The fourth-order valence-electron chi connectivity index (χ4n) is 1.91. The third-order valence-electron chi connectivity index (χ3n) is 2.89. The molecular formula is C13H15NO3S. The van der Waals surface area contributed by atoms with Gasteiger partial charge in [0.25, 0.3) is 5.91 Å². The topological polar surface area (TPSA) is 66.4 Å². The van der Waals surface area contributed by atoms with Gasteiger partial charge in [-0.05, 0) is 36.8 Å². The first-order valence-corrected chi connectivity index (χ1v) is 6.95. The molecule has 2 rings (SSSR count). The monoisotopic (exact) mass is 265 g/mol. The van der Waals surface area contributed by atoms with Crippen molar-refractivity contribution < 1.29 is 14.7 Å². The van der Waals surface area contributed by atoms with Gasteiger partial charge in [-0.3, -0.25) is 4.79 Å². The lowest BCUT2D eigenvalue weighted by Gasteiger charge is -2.10. The Morgan fingerprint density at radius 3 is 2.83 bits per heavy atom. The first-order valence-electron chi connectivity index (χ1n) is 5.90.